The molecular weight excluding hydrogens is 328 g/mol. The van der Waals surface area contributed by atoms with Crippen LogP contribution < -0.4 is 5.32 Å². The summed E-state index contributed by atoms with van der Waals surface area (Å²) in [5.41, 5.74) is 3.74. The Morgan fingerprint density at radius 3 is 2.75 bits per heavy atom. The zero-order valence-electron chi connectivity index (χ0n) is 14.4. The molecule has 2 rings (SSSR count). The SMILES string of the molecule is CCOC(=O)Cc1csc(NC(=O)CCc2c(C)nn(C)c2C)n1. The van der Waals surface area contributed by atoms with E-state index in [2.05, 4.69) is 15.4 Å². The van der Waals surface area contributed by atoms with E-state index in [1.807, 2.05) is 25.6 Å². The minimum atomic E-state index is -0.316. The van der Waals surface area contributed by atoms with Crippen molar-refractivity contribution in [3.8, 4) is 0 Å². The lowest BCUT2D eigenvalue weighted by molar-refractivity contribution is -0.142. The van der Waals surface area contributed by atoms with Gasteiger partial charge in [0.15, 0.2) is 5.13 Å². The van der Waals surface area contributed by atoms with Crippen LogP contribution in [0.15, 0.2) is 5.38 Å². The number of thiazole rings is 1. The summed E-state index contributed by atoms with van der Waals surface area (Å²) in [6.45, 7) is 6.05. The predicted octanol–water partition coefficient (Wildman–Crippen LogP) is 2.17. The van der Waals surface area contributed by atoms with Gasteiger partial charge >= 0.3 is 5.97 Å². The van der Waals surface area contributed by atoms with E-state index in [1.54, 1.807) is 12.3 Å². The summed E-state index contributed by atoms with van der Waals surface area (Å²) in [7, 11) is 1.90. The summed E-state index contributed by atoms with van der Waals surface area (Å²) >= 11 is 1.30. The van der Waals surface area contributed by atoms with E-state index in [1.165, 1.54) is 11.3 Å². The molecule has 0 fully saturated rings. The molecule has 8 heteroatoms. The largest absolute Gasteiger partial charge is 0.466 e. The molecule has 2 heterocycles. The average molecular weight is 350 g/mol. The number of ether oxygens (including phenoxy) is 1. The highest BCUT2D eigenvalue weighted by Gasteiger charge is 2.13. The molecule has 2 aromatic heterocycles. The molecule has 0 spiro atoms. The van der Waals surface area contributed by atoms with Gasteiger partial charge in [-0.3, -0.25) is 14.3 Å². The second-order valence-corrected chi connectivity index (χ2v) is 6.31. The fourth-order valence-corrected chi connectivity index (χ4v) is 3.13. The van der Waals surface area contributed by atoms with E-state index in [-0.39, 0.29) is 18.3 Å². The molecule has 0 saturated carbocycles. The summed E-state index contributed by atoms with van der Waals surface area (Å²) in [6, 6.07) is 0. The van der Waals surface area contributed by atoms with Crippen molar-refractivity contribution in [3.05, 3.63) is 28.0 Å². The zero-order chi connectivity index (χ0) is 17.7. The molecule has 0 aliphatic heterocycles. The highest BCUT2D eigenvalue weighted by atomic mass is 32.1. The summed E-state index contributed by atoms with van der Waals surface area (Å²) in [5.74, 6) is -0.419. The topological polar surface area (TPSA) is 86.1 Å². The molecule has 0 saturated heterocycles. The van der Waals surface area contributed by atoms with Crippen LogP contribution in [-0.2, 0) is 34.2 Å². The Balaban J connectivity index is 1.86. The van der Waals surface area contributed by atoms with E-state index in [9.17, 15) is 9.59 Å². The molecule has 24 heavy (non-hydrogen) atoms. The van der Waals surface area contributed by atoms with Crippen molar-refractivity contribution in [1.82, 2.24) is 14.8 Å². The number of rotatable bonds is 7. The van der Waals surface area contributed by atoms with Gasteiger partial charge in [-0.2, -0.15) is 5.10 Å². The van der Waals surface area contributed by atoms with Gasteiger partial charge in [0.2, 0.25) is 5.91 Å². The zero-order valence-corrected chi connectivity index (χ0v) is 15.2. The van der Waals surface area contributed by atoms with Gasteiger partial charge in [0.05, 0.1) is 24.4 Å². The molecule has 2 aromatic rings. The Kier molecular flexibility index (Phi) is 6.08. The first kappa shape index (κ1) is 18.1. The van der Waals surface area contributed by atoms with Crippen molar-refractivity contribution in [2.24, 2.45) is 7.05 Å². The minimum Gasteiger partial charge on any atom is -0.466 e. The van der Waals surface area contributed by atoms with E-state index in [4.69, 9.17) is 4.74 Å². The summed E-state index contributed by atoms with van der Waals surface area (Å²) in [6.07, 6.45) is 1.12. The van der Waals surface area contributed by atoms with Crippen molar-refractivity contribution in [3.63, 3.8) is 0 Å². The summed E-state index contributed by atoms with van der Waals surface area (Å²) in [4.78, 5) is 27.7. The molecule has 0 radical (unpaired) electrons. The molecule has 1 N–H and O–H groups in total. The lowest BCUT2D eigenvalue weighted by Crippen LogP contribution is -2.13. The first-order valence-electron chi connectivity index (χ1n) is 7.79. The first-order valence-corrected chi connectivity index (χ1v) is 8.67. The molecule has 0 unspecified atom stereocenters. The van der Waals surface area contributed by atoms with Crippen molar-refractivity contribution in [2.75, 3.05) is 11.9 Å². The van der Waals surface area contributed by atoms with Crippen molar-refractivity contribution >= 4 is 28.3 Å². The quantitative estimate of drug-likeness (QED) is 0.774. The number of hydrogen-bond donors (Lipinski definition) is 1. The van der Waals surface area contributed by atoms with Crippen LogP contribution >= 0.6 is 11.3 Å². The Labute approximate surface area is 145 Å². The van der Waals surface area contributed by atoms with E-state index < -0.39 is 0 Å². The molecular formula is C16H22N4O3S. The summed E-state index contributed by atoms with van der Waals surface area (Å²) < 4.78 is 6.70. The highest BCUT2D eigenvalue weighted by Crippen LogP contribution is 2.18. The van der Waals surface area contributed by atoms with Crippen molar-refractivity contribution < 1.29 is 14.3 Å². The molecule has 1 amide bonds. The smallest absolute Gasteiger partial charge is 0.311 e. The van der Waals surface area contributed by atoms with Crippen LogP contribution in [0.25, 0.3) is 0 Å². The van der Waals surface area contributed by atoms with Crippen molar-refractivity contribution in [1.29, 1.82) is 0 Å². The molecule has 0 bridgehead atoms. The van der Waals surface area contributed by atoms with E-state index in [0.717, 1.165) is 17.0 Å². The van der Waals surface area contributed by atoms with Gasteiger partial charge in [0.25, 0.3) is 0 Å². The molecule has 0 aliphatic rings. The number of esters is 1. The second-order valence-electron chi connectivity index (χ2n) is 5.45. The van der Waals surface area contributed by atoms with Crippen LogP contribution in [0.1, 0.15) is 36.0 Å². The van der Waals surface area contributed by atoms with Gasteiger partial charge in [-0.1, -0.05) is 0 Å². The summed E-state index contributed by atoms with van der Waals surface area (Å²) in [5, 5.41) is 9.37. The van der Waals surface area contributed by atoms with Gasteiger partial charge < -0.3 is 10.1 Å². The van der Waals surface area contributed by atoms with Crippen molar-refractivity contribution in [2.45, 2.75) is 40.0 Å². The molecule has 0 aromatic carbocycles. The van der Waals surface area contributed by atoms with Gasteiger partial charge in [0, 0.05) is 24.5 Å². The van der Waals surface area contributed by atoms with E-state index >= 15 is 0 Å². The molecule has 0 aliphatic carbocycles. The molecule has 130 valence electrons. The number of amides is 1. The predicted molar refractivity (Wildman–Crippen MR) is 92.1 cm³/mol. The normalized spacial score (nSPS) is 10.7. The number of hydrogen-bond acceptors (Lipinski definition) is 6. The maximum absolute atomic E-state index is 12.1. The van der Waals surface area contributed by atoms with Crippen LogP contribution in [0.4, 0.5) is 5.13 Å². The monoisotopic (exact) mass is 350 g/mol. The maximum Gasteiger partial charge on any atom is 0.311 e. The Morgan fingerprint density at radius 1 is 1.38 bits per heavy atom. The number of aromatic nitrogens is 3. The number of nitrogens with zero attached hydrogens (tertiary/aromatic N) is 3. The number of carbonyl (C=O) groups is 2. The fraction of sp³-hybridized carbons (Fsp3) is 0.500. The van der Waals surface area contributed by atoms with E-state index in [0.29, 0.717) is 30.3 Å². The third kappa shape index (κ3) is 4.64. The highest BCUT2D eigenvalue weighted by molar-refractivity contribution is 7.13. The Hall–Kier alpha value is -2.22. The standard InChI is InChI=1S/C16H22N4O3S/c1-5-23-15(22)8-12-9-24-16(17-12)18-14(21)7-6-13-10(2)19-20(4)11(13)3/h9H,5-8H2,1-4H3,(H,17,18,21). The van der Waals surface area contributed by atoms with Gasteiger partial charge in [0.1, 0.15) is 0 Å². The molecule has 0 atom stereocenters. The van der Waals surface area contributed by atoms with Crippen LogP contribution in [-0.4, -0.2) is 33.2 Å². The lowest BCUT2D eigenvalue weighted by Gasteiger charge is -2.03. The fourth-order valence-electron chi connectivity index (χ4n) is 2.41. The third-order valence-electron chi connectivity index (χ3n) is 3.69. The van der Waals surface area contributed by atoms with Gasteiger partial charge in [-0.25, -0.2) is 4.98 Å². The van der Waals surface area contributed by atoms with Gasteiger partial charge in [-0.05, 0) is 32.8 Å². The van der Waals surface area contributed by atoms with Crippen LogP contribution in [0, 0.1) is 13.8 Å². The Morgan fingerprint density at radius 2 is 2.12 bits per heavy atom. The number of nitrogens with one attached hydrogen (secondary N) is 1. The van der Waals surface area contributed by atoms with Crippen LogP contribution in [0.5, 0.6) is 0 Å². The first-order chi connectivity index (χ1) is 11.4. The second kappa shape index (κ2) is 8.05. The number of aryl methyl sites for hydroxylation is 2. The average Bonchev–Trinajstić information content (AvgIpc) is 3.03. The van der Waals surface area contributed by atoms with Gasteiger partial charge in [-0.15, -0.1) is 11.3 Å². The lowest BCUT2D eigenvalue weighted by atomic mass is 10.1. The number of carbonyl (C=O) groups excluding carboxylic acids is 2. The van der Waals surface area contributed by atoms with Crippen LogP contribution in [0.2, 0.25) is 0 Å². The number of anilines is 1. The molecule has 7 nitrogen and oxygen atoms in total. The maximum atomic E-state index is 12.1. The third-order valence-corrected chi connectivity index (χ3v) is 4.50. The Bertz CT molecular complexity index is 736. The van der Waals surface area contributed by atoms with Crippen LogP contribution in [0.3, 0.4) is 0 Å². The minimum absolute atomic E-state index is 0.102.